The highest BCUT2D eigenvalue weighted by atomic mass is 32.2. The number of hydrogen-bond acceptors (Lipinski definition) is 6. The average Bonchev–Trinajstić information content (AvgIpc) is 2.50. The fourth-order valence-electron chi connectivity index (χ4n) is 2.28. The molecule has 0 spiro atoms. The molecule has 1 saturated carbocycles. The molecule has 0 amide bonds. The number of carbonyl (C=O) groups excluding carboxylic acids is 2. The topological polar surface area (TPSA) is 98.8 Å². The first-order chi connectivity index (χ1) is 10.8. The highest BCUT2D eigenvalue weighted by Crippen LogP contribution is 2.22. The van der Waals surface area contributed by atoms with Gasteiger partial charge in [0.2, 0.25) is 10.0 Å². The summed E-state index contributed by atoms with van der Waals surface area (Å²) in [6.07, 6.45) is 5.96. The van der Waals surface area contributed by atoms with Crippen LogP contribution < -0.4 is 4.72 Å². The van der Waals surface area contributed by atoms with Gasteiger partial charge in [0.05, 0.1) is 11.4 Å². The Morgan fingerprint density at radius 3 is 2.35 bits per heavy atom. The van der Waals surface area contributed by atoms with Crippen molar-refractivity contribution >= 4 is 22.0 Å². The van der Waals surface area contributed by atoms with E-state index in [1.807, 2.05) is 0 Å². The lowest BCUT2D eigenvalue weighted by Gasteiger charge is -2.21. The van der Waals surface area contributed by atoms with Gasteiger partial charge in [-0.3, -0.25) is 0 Å². The molecule has 0 aliphatic heterocycles. The molecular weight excluding hydrogens is 322 g/mol. The number of carbonyl (C=O) groups is 2. The number of hydrogen-bond donors (Lipinski definition) is 1. The summed E-state index contributed by atoms with van der Waals surface area (Å²) in [5.41, 5.74) is 0. The van der Waals surface area contributed by atoms with Crippen molar-refractivity contribution in [1.29, 1.82) is 0 Å². The van der Waals surface area contributed by atoms with Gasteiger partial charge in [0.25, 0.3) is 0 Å². The maximum absolute atomic E-state index is 12.0. The molecule has 1 aliphatic rings. The van der Waals surface area contributed by atoms with E-state index in [-0.39, 0.29) is 24.5 Å². The lowest BCUT2D eigenvalue weighted by Crippen LogP contribution is -2.37. The van der Waals surface area contributed by atoms with Gasteiger partial charge in [0.15, 0.2) is 0 Å². The molecule has 0 saturated heterocycles. The first-order valence-corrected chi connectivity index (χ1v) is 9.40. The van der Waals surface area contributed by atoms with Crippen molar-refractivity contribution in [2.24, 2.45) is 0 Å². The normalized spacial score (nSPS) is 16.7. The van der Waals surface area contributed by atoms with Gasteiger partial charge < -0.3 is 9.47 Å². The van der Waals surface area contributed by atoms with Crippen molar-refractivity contribution in [2.75, 3.05) is 13.2 Å². The van der Waals surface area contributed by atoms with E-state index in [1.54, 1.807) is 13.8 Å². The van der Waals surface area contributed by atoms with Gasteiger partial charge in [-0.15, -0.1) is 0 Å². The first-order valence-electron chi connectivity index (χ1n) is 7.85. The van der Waals surface area contributed by atoms with Crippen LogP contribution in [-0.2, 0) is 29.1 Å². The minimum Gasteiger partial charge on any atom is -0.461 e. The van der Waals surface area contributed by atoms with E-state index in [4.69, 9.17) is 9.47 Å². The van der Waals surface area contributed by atoms with E-state index in [0.717, 1.165) is 31.4 Å². The Morgan fingerprint density at radius 2 is 1.74 bits per heavy atom. The monoisotopic (exact) mass is 347 g/mol. The van der Waals surface area contributed by atoms with E-state index >= 15 is 0 Å². The summed E-state index contributed by atoms with van der Waals surface area (Å²) < 4.78 is 36.1. The molecule has 7 nitrogen and oxygen atoms in total. The highest BCUT2D eigenvalue weighted by Gasteiger charge is 2.26. The van der Waals surface area contributed by atoms with Gasteiger partial charge >= 0.3 is 11.9 Å². The highest BCUT2D eigenvalue weighted by molar-refractivity contribution is 7.90. The Bertz CT molecular complexity index is 520. The molecule has 0 atom stereocenters. The van der Waals surface area contributed by atoms with Crippen molar-refractivity contribution in [3.63, 3.8) is 0 Å². The standard InChI is InChI=1S/C15H25NO6S/c1-12(2)22-15(18)9-8-14(17)21-11-10-16-23(19,20)13-6-4-3-5-7-13/h8-9,12-13,16H,3-7,10-11H2,1-2H3/b9-8+. The molecule has 0 aromatic rings. The smallest absolute Gasteiger partial charge is 0.331 e. The predicted octanol–water partition coefficient (Wildman–Crippen LogP) is 1.29. The summed E-state index contributed by atoms with van der Waals surface area (Å²) in [5.74, 6) is -1.35. The third-order valence-corrected chi connectivity index (χ3v) is 5.30. The van der Waals surface area contributed by atoms with Crippen molar-refractivity contribution in [3.8, 4) is 0 Å². The van der Waals surface area contributed by atoms with Crippen LogP contribution in [0.25, 0.3) is 0 Å². The fourth-order valence-corrected chi connectivity index (χ4v) is 3.84. The summed E-state index contributed by atoms with van der Waals surface area (Å²) >= 11 is 0. The van der Waals surface area contributed by atoms with E-state index in [0.29, 0.717) is 12.8 Å². The zero-order valence-corrected chi connectivity index (χ0v) is 14.4. The zero-order valence-electron chi connectivity index (χ0n) is 13.6. The van der Waals surface area contributed by atoms with Crippen LogP contribution in [0.15, 0.2) is 12.2 Å². The lowest BCUT2D eigenvalue weighted by molar-refractivity contribution is -0.142. The Kier molecular flexibility index (Phi) is 8.25. The van der Waals surface area contributed by atoms with Gasteiger partial charge in [0.1, 0.15) is 6.61 Å². The molecule has 0 aromatic heterocycles. The van der Waals surface area contributed by atoms with E-state index in [2.05, 4.69) is 4.72 Å². The largest absolute Gasteiger partial charge is 0.461 e. The molecule has 23 heavy (non-hydrogen) atoms. The summed E-state index contributed by atoms with van der Waals surface area (Å²) in [4.78, 5) is 22.6. The molecule has 1 N–H and O–H groups in total. The second-order valence-corrected chi connectivity index (χ2v) is 7.73. The van der Waals surface area contributed by atoms with Gasteiger partial charge in [-0.1, -0.05) is 19.3 Å². The molecule has 0 radical (unpaired) electrons. The summed E-state index contributed by atoms with van der Waals surface area (Å²) in [6, 6.07) is 0. The predicted molar refractivity (Wildman–Crippen MR) is 85.1 cm³/mol. The van der Waals surface area contributed by atoms with Crippen LogP contribution in [0.2, 0.25) is 0 Å². The molecule has 1 aliphatic carbocycles. The minimum absolute atomic E-state index is 0.0227. The first kappa shape index (κ1) is 19.6. The van der Waals surface area contributed by atoms with Crippen LogP contribution in [-0.4, -0.2) is 44.9 Å². The molecule has 0 aromatic carbocycles. The molecular formula is C15H25NO6S. The number of esters is 2. The van der Waals surface area contributed by atoms with Crippen molar-refractivity contribution in [3.05, 3.63) is 12.2 Å². The van der Waals surface area contributed by atoms with Crippen LogP contribution in [0.5, 0.6) is 0 Å². The van der Waals surface area contributed by atoms with Gasteiger partial charge in [-0.05, 0) is 26.7 Å². The van der Waals surface area contributed by atoms with Crippen LogP contribution in [0.3, 0.4) is 0 Å². The Balaban J connectivity index is 2.24. The third-order valence-electron chi connectivity index (χ3n) is 3.35. The Hall–Kier alpha value is -1.41. The zero-order chi connectivity index (χ0) is 17.3. The van der Waals surface area contributed by atoms with Crippen LogP contribution in [0.4, 0.5) is 0 Å². The molecule has 8 heteroatoms. The lowest BCUT2D eigenvalue weighted by atomic mass is 10.0. The molecule has 1 fully saturated rings. The Morgan fingerprint density at radius 1 is 1.13 bits per heavy atom. The number of nitrogens with one attached hydrogen (secondary N) is 1. The second kappa shape index (κ2) is 9.67. The van der Waals surface area contributed by atoms with Gasteiger partial charge in [0, 0.05) is 18.7 Å². The molecule has 0 bridgehead atoms. The SMILES string of the molecule is CC(C)OC(=O)/C=C/C(=O)OCCNS(=O)(=O)C1CCCCC1. The van der Waals surface area contributed by atoms with E-state index in [9.17, 15) is 18.0 Å². The van der Waals surface area contributed by atoms with Crippen LogP contribution in [0.1, 0.15) is 46.0 Å². The molecule has 1 rings (SSSR count). The average molecular weight is 347 g/mol. The minimum atomic E-state index is -3.35. The maximum Gasteiger partial charge on any atom is 0.331 e. The fraction of sp³-hybridized carbons (Fsp3) is 0.733. The van der Waals surface area contributed by atoms with Gasteiger partial charge in [-0.25, -0.2) is 22.7 Å². The van der Waals surface area contributed by atoms with Crippen molar-refractivity contribution in [2.45, 2.75) is 57.3 Å². The van der Waals surface area contributed by atoms with Crippen LogP contribution >= 0.6 is 0 Å². The Labute approximate surface area is 137 Å². The molecule has 0 unspecified atom stereocenters. The quantitative estimate of drug-likeness (QED) is 0.403. The van der Waals surface area contributed by atoms with E-state index in [1.165, 1.54) is 0 Å². The molecule has 0 heterocycles. The van der Waals surface area contributed by atoms with Crippen molar-refractivity contribution in [1.82, 2.24) is 4.72 Å². The van der Waals surface area contributed by atoms with Crippen LogP contribution in [0, 0.1) is 0 Å². The number of ether oxygens (including phenoxy) is 2. The summed E-state index contributed by atoms with van der Waals surface area (Å²) in [5, 5.41) is -0.349. The second-order valence-electron chi connectivity index (χ2n) is 5.69. The maximum atomic E-state index is 12.0. The summed E-state index contributed by atoms with van der Waals surface area (Å²) in [6.45, 7) is 3.33. The van der Waals surface area contributed by atoms with E-state index < -0.39 is 22.0 Å². The number of sulfonamides is 1. The summed E-state index contributed by atoms with van der Waals surface area (Å²) in [7, 11) is -3.35. The van der Waals surface area contributed by atoms with Crippen molar-refractivity contribution < 1.29 is 27.5 Å². The number of rotatable bonds is 8. The van der Waals surface area contributed by atoms with Gasteiger partial charge in [-0.2, -0.15) is 0 Å². The third kappa shape index (κ3) is 8.13. The molecule has 132 valence electrons.